The number of allylic oxidation sites excluding steroid dienone is 2. The molecule has 5 atom stereocenters. The summed E-state index contributed by atoms with van der Waals surface area (Å²) in [5.74, 6) is -1.47. The Morgan fingerprint density at radius 2 is 1.77 bits per heavy atom. The molecule has 0 heterocycles. The fourth-order valence-corrected chi connectivity index (χ4v) is 4.45. The van der Waals surface area contributed by atoms with Gasteiger partial charge in [-0.15, -0.1) is 20.2 Å². The van der Waals surface area contributed by atoms with Crippen LogP contribution in [0.3, 0.4) is 0 Å². The maximum Gasteiger partial charge on any atom is 0.416 e. The molecule has 0 bridgehead atoms. The predicted molar refractivity (Wildman–Crippen MR) is 141 cm³/mol. The van der Waals surface area contributed by atoms with Crippen LogP contribution in [0.4, 0.5) is 13.2 Å². The minimum atomic E-state index is -4.53. The zero-order valence-electron chi connectivity index (χ0n) is 22.9. The second kappa shape index (κ2) is 17.2. The minimum Gasteiger partial charge on any atom is -0.491 e. The molecule has 4 N–H and O–H groups in total. The van der Waals surface area contributed by atoms with E-state index in [4.69, 9.17) is 4.74 Å². The first-order chi connectivity index (χ1) is 20.3. The van der Waals surface area contributed by atoms with E-state index in [-0.39, 0.29) is 31.1 Å². The van der Waals surface area contributed by atoms with E-state index in [9.17, 15) is 53.5 Å². The van der Waals surface area contributed by atoms with Crippen molar-refractivity contribution in [2.75, 3.05) is 19.8 Å². The maximum absolute atomic E-state index is 12.9. The molecule has 0 aliphatic heterocycles. The van der Waals surface area contributed by atoms with Crippen molar-refractivity contribution < 1.29 is 57.9 Å². The van der Waals surface area contributed by atoms with Crippen molar-refractivity contribution in [1.82, 2.24) is 5.32 Å². The third kappa shape index (κ3) is 13.3. The summed E-state index contributed by atoms with van der Waals surface area (Å²) in [6.07, 6.45) is 0.354. The summed E-state index contributed by atoms with van der Waals surface area (Å²) >= 11 is 0. The Labute approximate surface area is 243 Å². The van der Waals surface area contributed by atoms with Gasteiger partial charge in [-0.3, -0.25) is 4.79 Å². The van der Waals surface area contributed by atoms with Gasteiger partial charge in [0.15, 0.2) is 0 Å². The number of carbonyl (C=O) groups is 1. The highest BCUT2D eigenvalue weighted by atomic mass is 19.4. The summed E-state index contributed by atoms with van der Waals surface area (Å²) in [4.78, 5) is 41.0. The van der Waals surface area contributed by atoms with Crippen molar-refractivity contribution in [3.05, 3.63) is 74.4 Å². The number of alkyl halides is 3. The molecule has 1 amide bonds. The summed E-state index contributed by atoms with van der Waals surface area (Å²) in [5, 5.41) is 51.8. The van der Waals surface area contributed by atoms with Crippen LogP contribution in [0.1, 0.15) is 37.7 Å². The average Bonchev–Trinajstić information content (AvgIpc) is 3.20. The highest BCUT2D eigenvalue weighted by Gasteiger charge is 2.39. The predicted octanol–water partition coefficient (Wildman–Crippen LogP) is 2.38. The normalized spacial score (nSPS) is 21.3. The third-order valence-electron chi connectivity index (χ3n) is 6.53. The molecule has 43 heavy (non-hydrogen) atoms. The number of hydrogen-bond acceptors (Lipinski definition) is 11. The number of benzene rings is 1. The molecule has 0 aromatic heterocycles. The van der Waals surface area contributed by atoms with Gasteiger partial charge < -0.3 is 35.0 Å². The Hall–Kier alpha value is -3.96. The molecule has 17 heteroatoms. The van der Waals surface area contributed by atoms with Crippen molar-refractivity contribution in [3.8, 4) is 5.75 Å². The number of ether oxygens (including phenoxy) is 1. The van der Waals surface area contributed by atoms with Crippen molar-refractivity contribution in [1.29, 1.82) is 0 Å². The molecule has 1 aromatic carbocycles. The molecule has 1 fully saturated rings. The van der Waals surface area contributed by atoms with Crippen LogP contribution in [0.15, 0.2) is 48.6 Å². The standard InChI is InChI=1S/C26H34F3N3O11/c27-26(28,29)17-6-5-7-20(12-17)41-16-19(33)10-11-22-21(23(34)13-24(22)35)8-3-1-2-4-9-25(36)30-18(14-42-31(37)38)15-43-32(39)40/h1,3,5-7,10-12,18-19,21-24,33-35H,2,4,8-9,13-16H2,(H,30,36)/b3-1-,11-10+/t19-,21-,22-,23+,24-/m1/s1. The van der Waals surface area contributed by atoms with Gasteiger partial charge in [-0.25, -0.2) is 0 Å². The van der Waals surface area contributed by atoms with Gasteiger partial charge in [-0.1, -0.05) is 30.4 Å². The molecule has 0 saturated heterocycles. The zero-order chi connectivity index (χ0) is 32.0. The van der Waals surface area contributed by atoms with Crippen LogP contribution < -0.4 is 10.1 Å². The highest BCUT2D eigenvalue weighted by molar-refractivity contribution is 5.76. The fraction of sp³-hybridized carbons (Fsp3) is 0.577. The average molecular weight is 622 g/mol. The van der Waals surface area contributed by atoms with E-state index in [2.05, 4.69) is 15.0 Å². The van der Waals surface area contributed by atoms with Gasteiger partial charge in [0.1, 0.15) is 31.7 Å². The molecule has 240 valence electrons. The van der Waals surface area contributed by atoms with Crippen molar-refractivity contribution in [2.45, 2.75) is 62.6 Å². The second-order valence-corrected chi connectivity index (χ2v) is 9.80. The summed E-state index contributed by atoms with van der Waals surface area (Å²) < 4.78 is 43.8. The van der Waals surface area contributed by atoms with Gasteiger partial charge in [0.25, 0.3) is 10.2 Å². The van der Waals surface area contributed by atoms with Crippen LogP contribution in [0.5, 0.6) is 5.75 Å². The molecule has 1 saturated carbocycles. The lowest BCUT2D eigenvalue weighted by Gasteiger charge is -2.19. The zero-order valence-corrected chi connectivity index (χ0v) is 22.9. The van der Waals surface area contributed by atoms with Gasteiger partial charge in [0.2, 0.25) is 5.91 Å². The van der Waals surface area contributed by atoms with Crippen LogP contribution in [0.2, 0.25) is 0 Å². The Balaban J connectivity index is 1.79. The smallest absolute Gasteiger partial charge is 0.416 e. The number of nitrogens with zero attached hydrogens (tertiary/aromatic N) is 2. The number of hydrogen-bond donors (Lipinski definition) is 4. The van der Waals surface area contributed by atoms with Crippen LogP contribution in [-0.2, 0) is 20.6 Å². The van der Waals surface area contributed by atoms with Gasteiger partial charge in [-0.2, -0.15) is 13.2 Å². The molecule has 1 aliphatic carbocycles. The minimum absolute atomic E-state index is 0.00829. The summed E-state index contributed by atoms with van der Waals surface area (Å²) in [6, 6.07) is 3.13. The first-order valence-corrected chi connectivity index (χ1v) is 13.3. The Morgan fingerprint density at radius 3 is 2.40 bits per heavy atom. The van der Waals surface area contributed by atoms with E-state index in [1.807, 2.05) is 0 Å². The number of halogens is 3. The molecule has 14 nitrogen and oxygen atoms in total. The third-order valence-corrected chi connectivity index (χ3v) is 6.53. The number of aliphatic hydroxyl groups is 3. The monoisotopic (exact) mass is 621 g/mol. The SMILES string of the molecule is O=C(CCC/C=C\C[C@@H]1[C@@H](/C=C/[C@@H](O)COc2cccc(C(F)(F)F)c2)[C@H](O)C[C@@H]1O)NC(CO[N+](=O)[O-])CO[N+](=O)[O-]. The number of aliphatic hydroxyl groups excluding tert-OH is 3. The molecule has 1 aliphatic rings. The molecular formula is C26H34F3N3O11. The van der Waals surface area contributed by atoms with Gasteiger partial charge in [0, 0.05) is 18.8 Å². The maximum atomic E-state index is 12.9. The lowest BCUT2D eigenvalue weighted by Crippen LogP contribution is -2.42. The van der Waals surface area contributed by atoms with Gasteiger partial charge in [0.05, 0.1) is 23.8 Å². The van der Waals surface area contributed by atoms with E-state index in [1.165, 1.54) is 18.2 Å². The van der Waals surface area contributed by atoms with E-state index in [1.54, 1.807) is 18.2 Å². The highest BCUT2D eigenvalue weighted by Crippen LogP contribution is 2.36. The lowest BCUT2D eigenvalue weighted by molar-refractivity contribution is -0.766. The number of carbonyl (C=O) groups excluding carboxylic acids is 1. The van der Waals surface area contributed by atoms with Crippen LogP contribution in [-0.4, -0.2) is 75.6 Å². The Kier molecular flexibility index (Phi) is 14.1. The van der Waals surface area contributed by atoms with Crippen molar-refractivity contribution in [3.63, 3.8) is 0 Å². The molecule has 0 unspecified atom stereocenters. The van der Waals surface area contributed by atoms with E-state index >= 15 is 0 Å². The summed E-state index contributed by atoms with van der Waals surface area (Å²) in [7, 11) is 0. The van der Waals surface area contributed by atoms with E-state index < -0.39 is 71.3 Å². The van der Waals surface area contributed by atoms with Crippen LogP contribution >= 0.6 is 0 Å². The second-order valence-electron chi connectivity index (χ2n) is 9.80. The Bertz CT molecular complexity index is 1100. The summed E-state index contributed by atoms with van der Waals surface area (Å²) in [6.45, 7) is -1.58. The molecule has 2 rings (SSSR count). The molecule has 1 aromatic rings. The summed E-state index contributed by atoms with van der Waals surface area (Å²) in [5.41, 5.74) is -0.883. The first-order valence-electron chi connectivity index (χ1n) is 13.3. The van der Waals surface area contributed by atoms with Crippen molar-refractivity contribution in [2.24, 2.45) is 11.8 Å². The van der Waals surface area contributed by atoms with Crippen molar-refractivity contribution >= 4 is 5.91 Å². The number of nitrogens with one attached hydrogen (secondary N) is 1. The van der Waals surface area contributed by atoms with E-state index in [0.29, 0.717) is 19.3 Å². The number of unbranched alkanes of at least 4 members (excludes halogenated alkanes) is 1. The number of amides is 1. The first kappa shape index (κ1) is 35.2. The molecular weight excluding hydrogens is 587 g/mol. The molecule has 0 radical (unpaired) electrons. The fourth-order valence-electron chi connectivity index (χ4n) is 4.45. The molecule has 0 spiro atoms. The van der Waals surface area contributed by atoms with Crippen LogP contribution in [0, 0.1) is 32.1 Å². The number of rotatable bonds is 18. The van der Waals surface area contributed by atoms with Gasteiger partial charge >= 0.3 is 6.18 Å². The topological polar surface area (TPSA) is 204 Å². The van der Waals surface area contributed by atoms with E-state index in [0.717, 1.165) is 12.1 Å². The van der Waals surface area contributed by atoms with Gasteiger partial charge in [-0.05, 0) is 43.4 Å². The lowest BCUT2D eigenvalue weighted by atomic mass is 9.89. The quantitative estimate of drug-likeness (QED) is 0.0811. The largest absolute Gasteiger partial charge is 0.491 e. The Morgan fingerprint density at radius 1 is 1.09 bits per heavy atom. The van der Waals surface area contributed by atoms with Crippen LogP contribution in [0.25, 0.3) is 0 Å².